The van der Waals surface area contributed by atoms with E-state index in [2.05, 4.69) is 55.4 Å². The van der Waals surface area contributed by atoms with E-state index in [0.717, 1.165) is 114 Å². The fourth-order valence-corrected chi connectivity index (χ4v) is 15.0. The third-order valence-corrected chi connectivity index (χ3v) is 22.6. The quantitative estimate of drug-likeness (QED) is 0.0222. The van der Waals surface area contributed by atoms with Crippen molar-refractivity contribution in [1.29, 1.82) is 0 Å². The molecular weight excluding hydrogens is 1380 g/mol. The number of phosphoric ester groups is 2. The highest BCUT2D eigenvalue weighted by Crippen LogP contribution is 2.45. The molecule has 0 radical (unpaired) electrons. The predicted octanol–water partition coefficient (Wildman–Crippen LogP) is 26.3. The van der Waals surface area contributed by atoms with Crippen LogP contribution in [0.4, 0.5) is 0 Å². The van der Waals surface area contributed by atoms with Crippen LogP contribution < -0.4 is 0 Å². The molecule has 19 heteroatoms. The molecule has 0 fully saturated rings. The number of hydrogen-bond donors (Lipinski definition) is 3. The summed E-state index contributed by atoms with van der Waals surface area (Å²) >= 11 is 0. The molecule has 0 heterocycles. The molecule has 0 amide bonds. The highest BCUT2D eigenvalue weighted by atomic mass is 31.2. The van der Waals surface area contributed by atoms with Crippen molar-refractivity contribution in [3.8, 4) is 0 Å². The Kier molecular flexibility index (Phi) is 74.3. The monoisotopic (exact) mass is 1550 g/mol. The minimum atomic E-state index is -4.97. The Hall–Kier alpha value is -1.94. The number of esters is 4. The van der Waals surface area contributed by atoms with E-state index in [1.54, 1.807) is 0 Å². The van der Waals surface area contributed by atoms with Crippen molar-refractivity contribution in [3.63, 3.8) is 0 Å². The molecular formula is C87H170O17P2. The summed E-state index contributed by atoms with van der Waals surface area (Å²) in [5, 5.41) is 10.7. The van der Waals surface area contributed by atoms with Crippen LogP contribution >= 0.6 is 15.6 Å². The van der Waals surface area contributed by atoms with Gasteiger partial charge in [-0.05, 0) is 49.4 Å². The van der Waals surface area contributed by atoms with E-state index in [4.69, 9.17) is 37.0 Å². The van der Waals surface area contributed by atoms with Crippen LogP contribution in [0.15, 0.2) is 0 Å². The van der Waals surface area contributed by atoms with Gasteiger partial charge in [0, 0.05) is 25.7 Å². The molecule has 0 aliphatic rings. The Bertz CT molecular complexity index is 2060. The average molecular weight is 1550 g/mol. The van der Waals surface area contributed by atoms with Gasteiger partial charge in [-0.25, -0.2) is 9.13 Å². The number of carbonyl (C=O) groups excluding carboxylic acids is 4. The van der Waals surface area contributed by atoms with Crippen molar-refractivity contribution in [2.45, 2.75) is 472 Å². The summed E-state index contributed by atoms with van der Waals surface area (Å²) in [6, 6.07) is 0. The minimum Gasteiger partial charge on any atom is -0.462 e. The topological polar surface area (TPSA) is 237 Å². The van der Waals surface area contributed by atoms with Gasteiger partial charge in [0.05, 0.1) is 26.4 Å². The second kappa shape index (κ2) is 75.7. The second-order valence-electron chi connectivity index (χ2n) is 33.0. The van der Waals surface area contributed by atoms with Crippen molar-refractivity contribution in [2.75, 3.05) is 39.6 Å². The molecule has 4 unspecified atom stereocenters. The Morgan fingerprint density at radius 2 is 0.453 bits per heavy atom. The average Bonchev–Trinajstić information content (AvgIpc) is 0.901. The molecule has 0 bridgehead atoms. The molecule has 0 aliphatic carbocycles. The first-order valence-corrected chi connectivity index (χ1v) is 47.7. The van der Waals surface area contributed by atoms with E-state index in [9.17, 15) is 43.2 Å². The normalized spacial score (nSPS) is 14.2. The number of aliphatic hydroxyl groups excluding tert-OH is 1. The van der Waals surface area contributed by atoms with Crippen molar-refractivity contribution < 1.29 is 80.2 Å². The van der Waals surface area contributed by atoms with Crippen molar-refractivity contribution >= 4 is 39.5 Å². The van der Waals surface area contributed by atoms with E-state index >= 15 is 0 Å². The molecule has 6 atom stereocenters. The Morgan fingerprint density at radius 1 is 0.264 bits per heavy atom. The maximum Gasteiger partial charge on any atom is 0.472 e. The lowest BCUT2D eigenvalue weighted by atomic mass is 9.99. The number of ether oxygens (including phenoxy) is 4. The van der Waals surface area contributed by atoms with E-state index in [0.29, 0.717) is 25.7 Å². The van der Waals surface area contributed by atoms with Gasteiger partial charge in [0.15, 0.2) is 12.2 Å². The molecule has 0 aromatic carbocycles. The van der Waals surface area contributed by atoms with Gasteiger partial charge in [0.2, 0.25) is 0 Å². The van der Waals surface area contributed by atoms with E-state index < -0.39 is 97.5 Å². The third kappa shape index (κ3) is 78.7. The molecule has 0 aromatic rings. The highest BCUT2D eigenvalue weighted by Gasteiger charge is 2.31. The molecule has 17 nitrogen and oxygen atoms in total. The summed E-state index contributed by atoms with van der Waals surface area (Å²) in [5.41, 5.74) is 0. The lowest BCUT2D eigenvalue weighted by Crippen LogP contribution is -2.30. The molecule has 630 valence electrons. The molecule has 0 spiro atoms. The van der Waals surface area contributed by atoms with Crippen LogP contribution in [-0.2, 0) is 65.4 Å². The SMILES string of the molecule is CCC(C)CCCCCCCCCCCCCCCCCCCCC(=O)O[C@H](COC(=O)CCCCCCCCCCCCCCCCCCCCC(C)C)COP(=O)(O)OCC(O)COP(=O)(O)OC[C@@H](COC(=O)CCCCCCCCCCC(C)C)OC(=O)CCCCCCCCCCCC(C)C. The molecule has 106 heavy (non-hydrogen) atoms. The van der Waals surface area contributed by atoms with Crippen molar-refractivity contribution in [1.82, 2.24) is 0 Å². The Labute approximate surface area is 651 Å². The standard InChI is InChI=1S/C87H170O17P2/c1-9-80(8)66-58-50-42-33-27-23-19-15-11-13-17-21-25-29-35-45-53-61-69-86(91)103-82(73-97-84(89)67-59-51-43-34-28-24-20-16-12-10-14-18-22-26-31-39-47-55-63-77(2)3)75-101-105(93,94)99-71-81(88)72-100-106(95,96)102-76-83(74-98-85(90)68-60-52-44-38-37-41-49-57-65-79(6)7)104-87(92)70-62-54-46-36-30-32-40-48-56-64-78(4)5/h77-83,88H,9-76H2,1-8H3,(H,93,94)(H,95,96)/t80?,81?,82-,83-/m1/s1. The minimum absolute atomic E-state index is 0.105. The summed E-state index contributed by atoms with van der Waals surface area (Å²) in [6.07, 6.45) is 65.4. The summed E-state index contributed by atoms with van der Waals surface area (Å²) in [4.78, 5) is 73.2. The number of hydrogen-bond acceptors (Lipinski definition) is 15. The van der Waals surface area contributed by atoms with Crippen molar-refractivity contribution in [3.05, 3.63) is 0 Å². The van der Waals surface area contributed by atoms with Gasteiger partial charge in [-0.2, -0.15) is 0 Å². The molecule has 0 aromatic heterocycles. The summed E-state index contributed by atoms with van der Waals surface area (Å²) in [7, 11) is -9.93. The van der Waals surface area contributed by atoms with E-state index in [-0.39, 0.29) is 25.7 Å². The van der Waals surface area contributed by atoms with Gasteiger partial charge in [-0.1, -0.05) is 402 Å². The van der Waals surface area contributed by atoms with E-state index in [1.807, 2.05) is 0 Å². The van der Waals surface area contributed by atoms with Crippen LogP contribution in [0.5, 0.6) is 0 Å². The van der Waals surface area contributed by atoms with Gasteiger partial charge < -0.3 is 33.8 Å². The Morgan fingerprint density at radius 3 is 0.670 bits per heavy atom. The molecule has 0 aliphatic heterocycles. The smallest absolute Gasteiger partial charge is 0.462 e. The number of rotatable bonds is 84. The maximum absolute atomic E-state index is 13.2. The molecule has 0 saturated carbocycles. The lowest BCUT2D eigenvalue weighted by molar-refractivity contribution is -0.161. The molecule has 0 rings (SSSR count). The third-order valence-electron chi connectivity index (χ3n) is 20.7. The number of carbonyl (C=O) groups is 4. The van der Waals surface area contributed by atoms with Crippen LogP contribution in [-0.4, -0.2) is 96.7 Å². The zero-order chi connectivity index (χ0) is 78.1. The van der Waals surface area contributed by atoms with Gasteiger partial charge in [0.1, 0.15) is 19.3 Å². The predicted molar refractivity (Wildman–Crippen MR) is 437 cm³/mol. The van der Waals surface area contributed by atoms with E-state index in [1.165, 1.54) is 257 Å². The fraction of sp³-hybridized carbons (Fsp3) is 0.954. The van der Waals surface area contributed by atoms with Crippen LogP contribution in [0.25, 0.3) is 0 Å². The first-order chi connectivity index (χ1) is 51.1. The molecule has 0 saturated heterocycles. The van der Waals surface area contributed by atoms with Crippen LogP contribution in [0.3, 0.4) is 0 Å². The first kappa shape index (κ1) is 104. The summed E-state index contributed by atoms with van der Waals surface area (Å²) < 4.78 is 68.9. The van der Waals surface area contributed by atoms with Gasteiger partial charge in [-0.3, -0.25) is 37.3 Å². The highest BCUT2D eigenvalue weighted by molar-refractivity contribution is 7.47. The zero-order valence-electron chi connectivity index (χ0n) is 70.1. The summed E-state index contributed by atoms with van der Waals surface area (Å²) in [5.74, 6) is 1.05. The first-order valence-electron chi connectivity index (χ1n) is 44.7. The van der Waals surface area contributed by atoms with Gasteiger partial charge in [0.25, 0.3) is 0 Å². The number of aliphatic hydroxyl groups is 1. The van der Waals surface area contributed by atoms with Gasteiger partial charge >= 0.3 is 39.5 Å². The van der Waals surface area contributed by atoms with Crippen LogP contribution in [0, 0.1) is 23.7 Å². The maximum atomic E-state index is 13.2. The number of phosphoric acid groups is 2. The Balaban J connectivity index is 5.21. The van der Waals surface area contributed by atoms with Crippen LogP contribution in [0.2, 0.25) is 0 Å². The fourth-order valence-electron chi connectivity index (χ4n) is 13.5. The van der Waals surface area contributed by atoms with Crippen LogP contribution in [0.1, 0.15) is 453 Å². The summed E-state index contributed by atoms with van der Waals surface area (Å²) in [6.45, 7) is 14.3. The zero-order valence-corrected chi connectivity index (χ0v) is 71.9. The lowest BCUT2D eigenvalue weighted by Gasteiger charge is -2.21. The molecule has 3 N–H and O–H groups in total. The second-order valence-corrected chi connectivity index (χ2v) is 35.9. The largest absolute Gasteiger partial charge is 0.472 e. The van der Waals surface area contributed by atoms with Gasteiger partial charge in [-0.15, -0.1) is 0 Å². The van der Waals surface area contributed by atoms with Crippen molar-refractivity contribution in [2.24, 2.45) is 23.7 Å². The number of unbranched alkanes of at least 4 members (excludes halogenated alkanes) is 49.